The summed E-state index contributed by atoms with van der Waals surface area (Å²) in [6, 6.07) is 2.05. The second-order valence-electron chi connectivity index (χ2n) is 4.83. The highest BCUT2D eigenvalue weighted by molar-refractivity contribution is 5.85. The molecule has 23 heavy (non-hydrogen) atoms. The molecule has 0 aliphatic heterocycles. The van der Waals surface area contributed by atoms with Crippen LogP contribution >= 0.6 is 0 Å². The number of hydrogen-bond acceptors (Lipinski definition) is 6. The molecule has 1 rings (SSSR count). The van der Waals surface area contributed by atoms with E-state index < -0.39 is 27.2 Å². The Kier molecular flexibility index (Phi) is 6.37. The van der Waals surface area contributed by atoms with E-state index in [9.17, 15) is 25.0 Å². The Hall–Kier alpha value is -2.77. The van der Waals surface area contributed by atoms with Crippen molar-refractivity contribution in [3.8, 4) is 5.75 Å². The third kappa shape index (κ3) is 4.35. The van der Waals surface area contributed by atoms with Gasteiger partial charge in [0.05, 0.1) is 15.9 Å². The molecule has 0 spiro atoms. The van der Waals surface area contributed by atoms with Crippen LogP contribution in [0.4, 0.5) is 11.4 Å². The van der Waals surface area contributed by atoms with Crippen molar-refractivity contribution in [2.24, 2.45) is 0 Å². The fourth-order valence-corrected chi connectivity index (χ4v) is 2.27. The normalized spacial score (nSPS) is 11.0. The lowest BCUT2D eigenvalue weighted by Crippen LogP contribution is -2.10. The minimum atomic E-state index is -0.781. The third-order valence-electron chi connectivity index (χ3n) is 3.42. The Morgan fingerprint density at radius 1 is 1.22 bits per heavy atom. The van der Waals surface area contributed by atoms with Crippen LogP contribution in [0.3, 0.4) is 0 Å². The zero-order chi connectivity index (χ0) is 17.6. The van der Waals surface area contributed by atoms with Crippen molar-refractivity contribution in [2.45, 2.75) is 39.5 Å². The van der Waals surface area contributed by atoms with Crippen molar-refractivity contribution in [3.63, 3.8) is 0 Å². The summed E-state index contributed by atoms with van der Waals surface area (Å²) in [7, 11) is 0. The van der Waals surface area contributed by atoms with E-state index in [1.54, 1.807) is 6.92 Å². The van der Waals surface area contributed by atoms with Crippen molar-refractivity contribution in [1.29, 1.82) is 0 Å². The molecule has 0 fully saturated rings. The third-order valence-corrected chi connectivity index (χ3v) is 3.42. The quantitative estimate of drug-likeness (QED) is 0.247. The lowest BCUT2D eigenvalue weighted by molar-refractivity contribution is -0.394. The number of nitrogens with zero attached hydrogens (tertiary/aromatic N) is 2. The number of carbonyl (C=O) groups excluding carboxylic acids is 1. The standard InChI is InChI=1S/C15H18N2O6/c1-4-7-14(18)23-15-12(10(5-2)6-3)8-11(16(19)20)9-13(15)17(21)22/h4,7-10H,5-6H2,1-3H3/b7-4+. The Labute approximate surface area is 133 Å². The smallest absolute Gasteiger partial charge is 0.336 e. The first-order valence-corrected chi connectivity index (χ1v) is 7.16. The number of nitro groups is 2. The van der Waals surface area contributed by atoms with Crippen LogP contribution in [0.5, 0.6) is 5.75 Å². The molecule has 124 valence electrons. The molecular formula is C15H18N2O6. The minimum absolute atomic E-state index is 0.193. The zero-order valence-corrected chi connectivity index (χ0v) is 13.1. The summed E-state index contributed by atoms with van der Waals surface area (Å²) in [6.45, 7) is 5.32. The van der Waals surface area contributed by atoms with Crippen molar-refractivity contribution in [1.82, 2.24) is 0 Å². The number of allylic oxidation sites excluding steroid dienone is 1. The predicted octanol–water partition coefficient (Wildman–Crippen LogP) is 3.89. The summed E-state index contributed by atoms with van der Waals surface area (Å²) in [6.07, 6.45) is 3.77. The highest BCUT2D eigenvalue weighted by atomic mass is 16.6. The van der Waals surface area contributed by atoms with Crippen molar-refractivity contribution in [2.75, 3.05) is 0 Å². The second kappa shape index (κ2) is 8.02. The van der Waals surface area contributed by atoms with E-state index >= 15 is 0 Å². The van der Waals surface area contributed by atoms with Crippen LogP contribution in [0.2, 0.25) is 0 Å². The summed E-state index contributed by atoms with van der Waals surface area (Å²) >= 11 is 0. The molecule has 0 bridgehead atoms. The molecule has 0 saturated heterocycles. The van der Waals surface area contributed by atoms with Gasteiger partial charge < -0.3 is 4.74 Å². The Balaban J connectivity index is 3.61. The Bertz CT molecular complexity index is 650. The fraction of sp³-hybridized carbons (Fsp3) is 0.400. The van der Waals surface area contributed by atoms with Gasteiger partial charge in [-0.3, -0.25) is 20.2 Å². The van der Waals surface area contributed by atoms with Gasteiger partial charge in [0.1, 0.15) is 0 Å². The van der Waals surface area contributed by atoms with E-state index in [-0.39, 0.29) is 11.7 Å². The van der Waals surface area contributed by atoms with Crippen molar-refractivity contribution >= 4 is 17.3 Å². The molecule has 1 aromatic carbocycles. The van der Waals surface area contributed by atoms with Gasteiger partial charge in [-0.25, -0.2) is 4.79 Å². The van der Waals surface area contributed by atoms with Gasteiger partial charge in [0.2, 0.25) is 5.75 Å². The molecule has 0 N–H and O–H groups in total. The number of hydrogen-bond donors (Lipinski definition) is 0. The number of benzene rings is 1. The van der Waals surface area contributed by atoms with Crippen LogP contribution in [0.25, 0.3) is 0 Å². The molecule has 0 atom stereocenters. The van der Waals surface area contributed by atoms with E-state index in [1.807, 2.05) is 13.8 Å². The van der Waals surface area contributed by atoms with Crippen molar-refractivity contribution < 1.29 is 19.4 Å². The molecule has 8 nitrogen and oxygen atoms in total. The highest BCUT2D eigenvalue weighted by Gasteiger charge is 2.29. The number of rotatable bonds is 7. The predicted molar refractivity (Wildman–Crippen MR) is 83.5 cm³/mol. The van der Waals surface area contributed by atoms with Gasteiger partial charge in [0.25, 0.3) is 5.69 Å². The molecule has 8 heteroatoms. The Morgan fingerprint density at radius 3 is 2.26 bits per heavy atom. The topological polar surface area (TPSA) is 113 Å². The molecule has 0 aliphatic rings. The molecule has 0 radical (unpaired) electrons. The van der Waals surface area contributed by atoms with Gasteiger partial charge in [-0.2, -0.15) is 0 Å². The van der Waals surface area contributed by atoms with Crippen LogP contribution in [0, 0.1) is 20.2 Å². The first kappa shape index (κ1) is 18.3. The van der Waals surface area contributed by atoms with E-state index in [0.717, 1.165) is 12.1 Å². The molecule has 0 aliphatic carbocycles. The maximum absolute atomic E-state index is 11.7. The first-order valence-electron chi connectivity index (χ1n) is 7.16. The lowest BCUT2D eigenvalue weighted by Gasteiger charge is -2.16. The number of carbonyl (C=O) groups is 1. The summed E-state index contributed by atoms with van der Waals surface area (Å²) in [5, 5.41) is 22.3. The SMILES string of the molecule is C/C=C/C(=O)Oc1c(C(CC)CC)cc([N+](=O)[O-])cc1[N+](=O)[O-]. The number of nitro benzene ring substituents is 2. The van der Waals surface area contributed by atoms with Gasteiger partial charge in [0.15, 0.2) is 0 Å². The number of ether oxygens (including phenoxy) is 1. The van der Waals surface area contributed by atoms with Gasteiger partial charge in [-0.05, 0) is 25.7 Å². The molecule has 0 saturated carbocycles. The van der Waals surface area contributed by atoms with E-state index in [2.05, 4.69) is 0 Å². The molecular weight excluding hydrogens is 304 g/mol. The fourth-order valence-electron chi connectivity index (χ4n) is 2.27. The van der Waals surface area contributed by atoms with Crippen LogP contribution < -0.4 is 4.74 Å². The first-order chi connectivity index (χ1) is 10.8. The molecule has 0 unspecified atom stereocenters. The lowest BCUT2D eigenvalue weighted by atomic mass is 9.92. The maximum atomic E-state index is 11.7. The average molecular weight is 322 g/mol. The van der Waals surface area contributed by atoms with Gasteiger partial charge >= 0.3 is 11.7 Å². The summed E-state index contributed by atoms with van der Waals surface area (Å²) in [4.78, 5) is 32.5. The summed E-state index contributed by atoms with van der Waals surface area (Å²) in [5.74, 6) is -1.18. The van der Waals surface area contributed by atoms with Gasteiger partial charge in [-0.15, -0.1) is 0 Å². The van der Waals surface area contributed by atoms with Crippen LogP contribution in [-0.2, 0) is 4.79 Å². The minimum Gasteiger partial charge on any atom is -0.416 e. The summed E-state index contributed by atoms with van der Waals surface area (Å²) in [5.41, 5.74) is -0.683. The Morgan fingerprint density at radius 2 is 1.83 bits per heavy atom. The van der Waals surface area contributed by atoms with E-state index in [1.165, 1.54) is 12.1 Å². The number of esters is 1. The average Bonchev–Trinajstić information content (AvgIpc) is 2.49. The van der Waals surface area contributed by atoms with Gasteiger partial charge in [-0.1, -0.05) is 19.9 Å². The van der Waals surface area contributed by atoms with Crippen LogP contribution in [-0.4, -0.2) is 15.8 Å². The van der Waals surface area contributed by atoms with Crippen LogP contribution in [0.1, 0.15) is 45.1 Å². The molecule has 1 aromatic rings. The van der Waals surface area contributed by atoms with Gasteiger partial charge in [0, 0.05) is 17.7 Å². The van der Waals surface area contributed by atoms with Crippen molar-refractivity contribution in [3.05, 3.63) is 50.1 Å². The maximum Gasteiger partial charge on any atom is 0.336 e. The molecule has 0 aromatic heterocycles. The monoisotopic (exact) mass is 322 g/mol. The van der Waals surface area contributed by atoms with E-state index in [0.29, 0.717) is 18.4 Å². The summed E-state index contributed by atoms with van der Waals surface area (Å²) < 4.78 is 5.11. The molecule has 0 heterocycles. The second-order valence-corrected chi connectivity index (χ2v) is 4.83. The zero-order valence-electron chi connectivity index (χ0n) is 13.1. The van der Waals surface area contributed by atoms with E-state index in [4.69, 9.17) is 4.74 Å². The molecule has 0 amide bonds. The van der Waals surface area contributed by atoms with Crippen LogP contribution in [0.15, 0.2) is 24.3 Å². The highest BCUT2D eigenvalue weighted by Crippen LogP contribution is 2.41. The number of non-ortho nitro benzene ring substituents is 1. The largest absolute Gasteiger partial charge is 0.416 e.